The van der Waals surface area contributed by atoms with Gasteiger partial charge in [-0.15, -0.1) is 0 Å². The molecule has 1 amide bonds. The van der Waals surface area contributed by atoms with Crippen LogP contribution in [0, 0.1) is 13.8 Å². The summed E-state index contributed by atoms with van der Waals surface area (Å²) in [6.45, 7) is 9.53. The van der Waals surface area contributed by atoms with Crippen LogP contribution in [0.2, 0.25) is 0 Å². The lowest BCUT2D eigenvalue weighted by Crippen LogP contribution is -2.40. The summed E-state index contributed by atoms with van der Waals surface area (Å²) in [5, 5.41) is 8.09. The van der Waals surface area contributed by atoms with Crippen LogP contribution in [-0.4, -0.2) is 44.8 Å². The largest absolute Gasteiger partial charge is 0.356 e. The van der Waals surface area contributed by atoms with E-state index in [1.807, 2.05) is 44.5 Å². The number of nitrogens with one attached hydrogen (secondary N) is 2. The Kier molecular flexibility index (Phi) is 6.01. The van der Waals surface area contributed by atoms with E-state index in [4.69, 9.17) is 10.7 Å². The van der Waals surface area contributed by atoms with Crippen molar-refractivity contribution in [1.29, 1.82) is 0 Å². The molecule has 9 heteroatoms. The van der Waals surface area contributed by atoms with Gasteiger partial charge >= 0.3 is 0 Å². The molecule has 0 bridgehead atoms. The minimum absolute atomic E-state index is 0.106. The second kappa shape index (κ2) is 8.74. The maximum atomic E-state index is 13.3. The van der Waals surface area contributed by atoms with Crippen LogP contribution in [0.1, 0.15) is 59.9 Å². The van der Waals surface area contributed by atoms with Crippen molar-refractivity contribution < 1.29 is 4.79 Å². The van der Waals surface area contributed by atoms with Gasteiger partial charge < -0.3 is 20.9 Å². The highest BCUT2D eigenvalue weighted by Gasteiger charge is 2.23. The summed E-state index contributed by atoms with van der Waals surface area (Å²) < 4.78 is 1.83. The fourth-order valence-electron chi connectivity index (χ4n) is 4.23. The first-order chi connectivity index (χ1) is 15.2. The van der Waals surface area contributed by atoms with Crippen molar-refractivity contribution in [2.24, 2.45) is 5.73 Å². The molecular weight excluding hydrogens is 406 g/mol. The molecule has 3 aromatic heterocycles. The summed E-state index contributed by atoms with van der Waals surface area (Å²) >= 11 is 0. The molecule has 1 fully saturated rings. The van der Waals surface area contributed by atoms with Crippen molar-refractivity contribution in [2.45, 2.75) is 59.2 Å². The molecule has 0 atom stereocenters. The van der Waals surface area contributed by atoms with E-state index in [1.165, 1.54) is 0 Å². The Labute approximate surface area is 187 Å². The number of anilines is 1. The van der Waals surface area contributed by atoms with Gasteiger partial charge in [0, 0.05) is 43.0 Å². The van der Waals surface area contributed by atoms with Gasteiger partial charge in [-0.25, -0.2) is 9.67 Å². The predicted octanol–water partition coefficient (Wildman–Crippen LogP) is 2.17. The first kappa shape index (κ1) is 22.0. The van der Waals surface area contributed by atoms with Gasteiger partial charge in [0.25, 0.3) is 11.5 Å². The van der Waals surface area contributed by atoms with Gasteiger partial charge in [0.05, 0.1) is 17.1 Å². The average molecular weight is 438 g/mol. The van der Waals surface area contributed by atoms with Crippen molar-refractivity contribution in [3.05, 3.63) is 51.1 Å². The SMILES string of the molecule is Cc1cc(C)c(CNC(=O)c2cc(N3CCC(N)CC3)nc3c2cnn3C(C)C)c(=O)[nH]1. The van der Waals surface area contributed by atoms with E-state index in [-0.39, 0.29) is 30.1 Å². The summed E-state index contributed by atoms with van der Waals surface area (Å²) in [5.74, 6) is 0.497. The number of aromatic nitrogens is 4. The van der Waals surface area contributed by atoms with Gasteiger partial charge in [-0.1, -0.05) is 0 Å². The third-order valence-electron chi connectivity index (χ3n) is 6.07. The van der Waals surface area contributed by atoms with Crippen LogP contribution in [0.5, 0.6) is 0 Å². The summed E-state index contributed by atoms with van der Waals surface area (Å²) in [7, 11) is 0. The molecule has 1 aliphatic rings. The van der Waals surface area contributed by atoms with Gasteiger partial charge in [-0.2, -0.15) is 5.10 Å². The summed E-state index contributed by atoms with van der Waals surface area (Å²) in [6.07, 6.45) is 3.47. The highest BCUT2D eigenvalue weighted by atomic mass is 16.1. The fraction of sp³-hybridized carbons (Fsp3) is 0.478. The number of carbonyl (C=O) groups is 1. The van der Waals surface area contributed by atoms with Crippen molar-refractivity contribution >= 4 is 22.8 Å². The van der Waals surface area contributed by atoms with Gasteiger partial charge in [0.15, 0.2) is 5.65 Å². The van der Waals surface area contributed by atoms with E-state index in [2.05, 4.69) is 20.3 Å². The first-order valence-corrected chi connectivity index (χ1v) is 11.1. The Hall–Kier alpha value is -3.20. The molecule has 3 aromatic rings. The Balaban J connectivity index is 1.69. The quantitative estimate of drug-likeness (QED) is 0.562. The van der Waals surface area contributed by atoms with Gasteiger partial charge in [0.2, 0.25) is 0 Å². The molecule has 0 unspecified atom stereocenters. The zero-order valence-electron chi connectivity index (χ0n) is 19.1. The molecule has 0 aliphatic carbocycles. The standard InChI is InChI=1S/C23H31N7O2/c1-13(2)30-21-19(12-26-30)17(10-20(28-21)29-7-5-16(24)6-8-29)22(31)25-11-18-14(3)9-15(4)27-23(18)32/h9-10,12-13,16H,5-8,11,24H2,1-4H3,(H,25,31)(H,27,32). The third-order valence-corrected chi connectivity index (χ3v) is 6.07. The number of hydrogen-bond acceptors (Lipinski definition) is 6. The monoisotopic (exact) mass is 437 g/mol. The van der Waals surface area contributed by atoms with Crippen molar-refractivity contribution in [3.8, 4) is 0 Å². The number of rotatable bonds is 5. The lowest BCUT2D eigenvalue weighted by molar-refractivity contribution is 0.0952. The molecule has 1 saturated heterocycles. The molecule has 170 valence electrons. The summed E-state index contributed by atoms with van der Waals surface area (Å²) in [5.41, 5.74) is 9.28. The van der Waals surface area contributed by atoms with Crippen LogP contribution in [0.25, 0.3) is 11.0 Å². The second-order valence-corrected chi connectivity index (χ2v) is 8.90. The lowest BCUT2D eigenvalue weighted by Gasteiger charge is -2.31. The minimum atomic E-state index is -0.255. The number of aryl methyl sites for hydroxylation is 2. The molecular formula is C23H31N7O2. The number of amides is 1. The number of fused-ring (bicyclic) bond motifs is 1. The number of carbonyl (C=O) groups excluding carboxylic acids is 1. The van der Waals surface area contributed by atoms with Crippen LogP contribution in [0.3, 0.4) is 0 Å². The first-order valence-electron chi connectivity index (χ1n) is 11.1. The zero-order chi connectivity index (χ0) is 23.0. The van der Waals surface area contributed by atoms with E-state index >= 15 is 0 Å². The molecule has 4 N–H and O–H groups in total. The van der Waals surface area contributed by atoms with Crippen LogP contribution in [0.4, 0.5) is 5.82 Å². The zero-order valence-corrected chi connectivity index (χ0v) is 19.1. The second-order valence-electron chi connectivity index (χ2n) is 8.90. The molecule has 1 aliphatic heterocycles. The number of nitrogens with zero attached hydrogens (tertiary/aromatic N) is 4. The molecule has 0 saturated carbocycles. The Morgan fingerprint density at radius 2 is 2.00 bits per heavy atom. The number of nitrogens with two attached hydrogens (primary N) is 1. The molecule has 9 nitrogen and oxygen atoms in total. The molecule has 4 heterocycles. The van der Waals surface area contributed by atoms with Crippen molar-refractivity contribution in [2.75, 3.05) is 18.0 Å². The van der Waals surface area contributed by atoms with Crippen molar-refractivity contribution in [1.82, 2.24) is 25.1 Å². The maximum Gasteiger partial charge on any atom is 0.253 e. The van der Waals surface area contributed by atoms with Crippen LogP contribution in [0.15, 0.2) is 23.1 Å². The van der Waals surface area contributed by atoms with Gasteiger partial charge in [0.1, 0.15) is 5.82 Å². The topological polar surface area (TPSA) is 122 Å². The molecule has 0 aromatic carbocycles. The fourth-order valence-corrected chi connectivity index (χ4v) is 4.23. The number of piperidine rings is 1. The molecule has 0 radical (unpaired) electrons. The van der Waals surface area contributed by atoms with Crippen LogP contribution >= 0.6 is 0 Å². The van der Waals surface area contributed by atoms with E-state index in [0.29, 0.717) is 22.2 Å². The smallest absolute Gasteiger partial charge is 0.253 e. The number of pyridine rings is 2. The van der Waals surface area contributed by atoms with Crippen molar-refractivity contribution in [3.63, 3.8) is 0 Å². The van der Waals surface area contributed by atoms with E-state index in [9.17, 15) is 9.59 Å². The summed E-state index contributed by atoms with van der Waals surface area (Å²) in [6, 6.07) is 4.04. The number of aromatic amines is 1. The average Bonchev–Trinajstić information content (AvgIpc) is 3.17. The van der Waals surface area contributed by atoms with Gasteiger partial charge in [-0.3, -0.25) is 9.59 Å². The van der Waals surface area contributed by atoms with Gasteiger partial charge in [-0.05, 0) is 58.2 Å². The number of hydrogen-bond donors (Lipinski definition) is 3. The summed E-state index contributed by atoms with van der Waals surface area (Å²) in [4.78, 5) is 35.4. The molecule has 4 rings (SSSR count). The maximum absolute atomic E-state index is 13.3. The van der Waals surface area contributed by atoms with Crippen LogP contribution in [-0.2, 0) is 6.54 Å². The Bertz CT molecular complexity index is 1200. The molecule has 0 spiro atoms. The van der Waals surface area contributed by atoms with E-state index in [1.54, 1.807) is 6.20 Å². The lowest BCUT2D eigenvalue weighted by atomic mass is 10.1. The Morgan fingerprint density at radius 3 is 2.66 bits per heavy atom. The van der Waals surface area contributed by atoms with E-state index in [0.717, 1.165) is 43.0 Å². The predicted molar refractivity (Wildman–Crippen MR) is 125 cm³/mol. The Morgan fingerprint density at radius 1 is 1.28 bits per heavy atom. The highest BCUT2D eigenvalue weighted by Crippen LogP contribution is 2.26. The number of H-pyrrole nitrogens is 1. The van der Waals surface area contributed by atoms with E-state index < -0.39 is 0 Å². The van der Waals surface area contributed by atoms with Crippen LogP contribution < -0.4 is 21.5 Å². The minimum Gasteiger partial charge on any atom is -0.356 e. The normalized spacial score (nSPS) is 15.0. The third kappa shape index (κ3) is 4.25. The molecule has 32 heavy (non-hydrogen) atoms. The highest BCUT2D eigenvalue weighted by molar-refractivity contribution is 6.06.